The van der Waals surface area contributed by atoms with Gasteiger partial charge in [0.25, 0.3) is 11.6 Å². The highest BCUT2D eigenvalue weighted by Crippen LogP contribution is 2.24. The fraction of sp³-hybridized carbons (Fsp3) is 0.263. The van der Waals surface area contributed by atoms with E-state index in [1.54, 1.807) is 17.4 Å². The van der Waals surface area contributed by atoms with E-state index in [9.17, 15) is 14.9 Å². The SMILES string of the molecule is CCCc1nc2c(C)cccn2c1C(=O)Nc1cc([N+](=O)[O-])ccc1C. The van der Waals surface area contributed by atoms with Gasteiger partial charge < -0.3 is 5.32 Å². The van der Waals surface area contributed by atoms with Crippen LogP contribution >= 0.6 is 0 Å². The summed E-state index contributed by atoms with van der Waals surface area (Å²) in [4.78, 5) is 28.1. The summed E-state index contributed by atoms with van der Waals surface area (Å²) in [6.45, 7) is 5.78. The Hall–Kier alpha value is -3.22. The van der Waals surface area contributed by atoms with Gasteiger partial charge in [-0.2, -0.15) is 0 Å². The first-order valence-electron chi connectivity index (χ1n) is 8.45. The zero-order valence-corrected chi connectivity index (χ0v) is 14.9. The van der Waals surface area contributed by atoms with E-state index in [2.05, 4.69) is 10.3 Å². The Morgan fingerprint density at radius 1 is 1.27 bits per heavy atom. The second-order valence-electron chi connectivity index (χ2n) is 6.25. The second-order valence-corrected chi connectivity index (χ2v) is 6.25. The summed E-state index contributed by atoms with van der Waals surface area (Å²) in [6, 6.07) is 8.24. The van der Waals surface area contributed by atoms with Crippen molar-refractivity contribution in [3.05, 3.63) is 69.2 Å². The minimum Gasteiger partial charge on any atom is -0.320 e. The number of pyridine rings is 1. The van der Waals surface area contributed by atoms with Crippen molar-refractivity contribution in [3.8, 4) is 0 Å². The number of anilines is 1. The number of nitrogens with zero attached hydrogens (tertiary/aromatic N) is 3. The van der Waals surface area contributed by atoms with Crippen molar-refractivity contribution in [1.82, 2.24) is 9.38 Å². The van der Waals surface area contributed by atoms with Crippen molar-refractivity contribution in [3.63, 3.8) is 0 Å². The number of nitro benzene ring substituents is 1. The van der Waals surface area contributed by atoms with Gasteiger partial charge in [-0.15, -0.1) is 0 Å². The van der Waals surface area contributed by atoms with E-state index >= 15 is 0 Å². The number of hydrogen-bond donors (Lipinski definition) is 1. The molecule has 134 valence electrons. The molecule has 0 bridgehead atoms. The molecule has 0 aliphatic rings. The van der Waals surface area contributed by atoms with Crippen LogP contribution in [-0.2, 0) is 6.42 Å². The normalized spacial score (nSPS) is 10.9. The van der Waals surface area contributed by atoms with Gasteiger partial charge in [0.05, 0.1) is 16.3 Å². The van der Waals surface area contributed by atoms with Crippen LogP contribution in [0.4, 0.5) is 11.4 Å². The zero-order valence-electron chi connectivity index (χ0n) is 14.9. The standard InChI is InChI=1S/C19H20N4O3/c1-4-6-15-17(22-10-5-7-13(3)18(22)20-15)19(24)21-16-11-14(23(25)26)9-8-12(16)2/h5,7-11H,4,6H2,1-3H3,(H,21,24). The number of amides is 1. The van der Waals surface area contributed by atoms with E-state index in [-0.39, 0.29) is 11.6 Å². The van der Waals surface area contributed by atoms with Gasteiger partial charge >= 0.3 is 0 Å². The summed E-state index contributed by atoms with van der Waals surface area (Å²) in [6.07, 6.45) is 3.35. The third-order valence-electron chi connectivity index (χ3n) is 4.30. The molecule has 7 heteroatoms. The van der Waals surface area contributed by atoms with E-state index in [1.165, 1.54) is 12.1 Å². The number of non-ortho nitro benzene ring substituents is 1. The molecule has 0 unspecified atom stereocenters. The van der Waals surface area contributed by atoms with Crippen LogP contribution in [-0.4, -0.2) is 20.2 Å². The molecule has 0 fully saturated rings. The topological polar surface area (TPSA) is 89.5 Å². The van der Waals surface area contributed by atoms with Crippen LogP contribution < -0.4 is 5.32 Å². The molecule has 2 heterocycles. The number of aromatic nitrogens is 2. The summed E-state index contributed by atoms with van der Waals surface area (Å²) >= 11 is 0. The molecule has 7 nitrogen and oxygen atoms in total. The molecule has 0 radical (unpaired) electrons. The first kappa shape index (κ1) is 17.6. The van der Waals surface area contributed by atoms with Crippen LogP contribution in [0.3, 0.4) is 0 Å². The molecule has 2 aromatic heterocycles. The average Bonchev–Trinajstić information content (AvgIpc) is 2.96. The molecule has 0 spiro atoms. The van der Waals surface area contributed by atoms with Crippen molar-refractivity contribution in [1.29, 1.82) is 0 Å². The minimum absolute atomic E-state index is 0.0614. The van der Waals surface area contributed by atoms with Gasteiger partial charge in [-0.25, -0.2) is 4.98 Å². The average molecular weight is 352 g/mol. The van der Waals surface area contributed by atoms with Crippen LogP contribution in [0.2, 0.25) is 0 Å². The lowest BCUT2D eigenvalue weighted by Crippen LogP contribution is -2.17. The first-order valence-corrected chi connectivity index (χ1v) is 8.45. The summed E-state index contributed by atoms with van der Waals surface area (Å²) in [7, 11) is 0. The molecule has 0 aliphatic heterocycles. The predicted octanol–water partition coefficient (Wildman–Crippen LogP) is 4.06. The Morgan fingerprint density at radius 3 is 2.73 bits per heavy atom. The molecule has 1 amide bonds. The van der Waals surface area contributed by atoms with Crippen LogP contribution in [0.15, 0.2) is 36.5 Å². The number of nitro groups is 1. The van der Waals surface area contributed by atoms with Gasteiger partial charge in [-0.05, 0) is 37.5 Å². The number of imidazole rings is 1. The van der Waals surface area contributed by atoms with Crippen molar-refractivity contribution in [2.24, 2.45) is 0 Å². The van der Waals surface area contributed by atoms with Gasteiger partial charge in [-0.1, -0.05) is 25.5 Å². The summed E-state index contributed by atoms with van der Waals surface area (Å²) in [5, 5.41) is 13.8. The Kier molecular flexibility index (Phi) is 4.71. The molecule has 1 N–H and O–H groups in total. The minimum atomic E-state index is -0.477. The number of hydrogen-bond acceptors (Lipinski definition) is 4. The molecule has 26 heavy (non-hydrogen) atoms. The number of carbonyl (C=O) groups is 1. The zero-order chi connectivity index (χ0) is 18.8. The van der Waals surface area contributed by atoms with Crippen LogP contribution in [0.25, 0.3) is 5.65 Å². The highest BCUT2D eigenvalue weighted by molar-refractivity contribution is 6.05. The highest BCUT2D eigenvalue weighted by atomic mass is 16.6. The van der Waals surface area contributed by atoms with Crippen molar-refractivity contribution in [2.45, 2.75) is 33.6 Å². The lowest BCUT2D eigenvalue weighted by molar-refractivity contribution is -0.384. The lowest BCUT2D eigenvalue weighted by atomic mass is 10.1. The summed E-state index contributed by atoms with van der Waals surface area (Å²) in [5.74, 6) is -0.324. The molecule has 3 aromatic rings. The maximum atomic E-state index is 13.0. The number of nitrogens with one attached hydrogen (secondary N) is 1. The number of benzene rings is 1. The first-order chi connectivity index (χ1) is 12.4. The fourth-order valence-corrected chi connectivity index (χ4v) is 2.94. The molecule has 1 aromatic carbocycles. The number of aryl methyl sites for hydroxylation is 3. The smallest absolute Gasteiger partial charge is 0.274 e. The van der Waals surface area contributed by atoms with Gasteiger partial charge in [0, 0.05) is 18.3 Å². The number of rotatable bonds is 5. The highest BCUT2D eigenvalue weighted by Gasteiger charge is 2.21. The van der Waals surface area contributed by atoms with Crippen LogP contribution in [0.1, 0.15) is 40.7 Å². The Labute approximate surface area is 150 Å². The third kappa shape index (κ3) is 3.15. The number of fused-ring (bicyclic) bond motifs is 1. The Morgan fingerprint density at radius 2 is 2.04 bits per heavy atom. The molecular weight excluding hydrogens is 332 g/mol. The quantitative estimate of drug-likeness (QED) is 0.554. The van der Waals surface area contributed by atoms with Crippen LogP contribution in [0.5, 0.6) is 0 Å². The van der Waals surface area contributed by atoms with E-state index in [0.29, 0.717) is 17.8 Å². The molecule has 0 atom stereocenters. The third-order valence-corrected chi connectivity index (χ3v) is 4.30. The van der Waals surface area contributed by atoms with Gasteiger partial charge in [-0.3, -0.25) is 19.3 Å². The van der Waals surface area contributed by atoms with Crippen LogP contribution in [0, 0.1) is 24.0 Å². The van der Waals surface area contributed by atoms with Gasteiger partial charge in [0.2, 0.25) is 0 Å². The fourth-order valence-electron chi connectivity index (χ4n) is 2.94. The Balaban J connectivity index is 2.05. The molecule has 0 saturated carbocycles. The predicted molar refractivity (Wildman–Crippen MR) is 99.7 cm³/mol. The van der Waals surface area contributed by atoms with Crippen molar-refractivity contribution < 1.29 is 9.72 Å². The lowest BCUT2D eigenvalue weighted by Gasteiger charge is -2.09. The monoisotopic (exact) mass is 352 g/mol. The van der Waals surface area contributed by atoms with E-state index < -0.39 is 4.92 Å². The van der Waals surface area contributed by atoms with E-state index in [4.69, 9.17) is 0 Å². The molecular formula is C19H20N4O3. The molecule has 3 rings (SSSR count). The summed E-state index contributed by atoms with van der Waals surface area (Å²) in [5.41, 5.74) is 4.04. The maximum Gasteiger partial charge on any atom is 0.274 e. The van der Waals surface area contributed by atoms with E-state index in [0.717, 1.165) is 28.9 Å². The maximum absolute atomic E-state index is 13.0. The van der Waals surface area contributed by atoms with Gasteiger partial charge in [0.1, 0.15) is 11.3 Å². The van der Waals surface area contributed by atoms with Crippen molar-refractivity contribution in [2.75, 3.05) is 5.32 Å². The molecule has 0 saturated heterocycles. The van der Waals surface area contributed by atoms with Crippen molar-refractivity contribution >= 4 is 22.9 Å². The largest absolute Gasteiger partial charge is 0.320 e. The van der Waals surface area contributed by atoms with E-state index in [1.807, 2.05) is 32.2 Å². The summed E-state index contributed by atoms with van der Waals surface area (Å²) < 4.78 is 1.78. The number of carbonyl (C=O) groups excluding carboxylic acids is 1. The Bertz CT molecular complexity index is 1010. The second kappa shape index (κ2) is 6.95. The molecule has 0 aliphatic carbocycles. The van der Waals surface area contributed by atoms with Gasteiger partial charge in [0.15, 0.2) is 0 Å².